The third-order valence-corrected chi connectivity index (χ3v) is 4.46. The van der Waals surface area contributed by atoms with Crippen LogP contribution in [-0.2, 0) is 16.8 Å². The van der Waals surface area contributed by atoms with Crippen molar-refractivity contribution in [1.82, 2.24) is 14.9 Å². The van der Waals surface area contributed by atoms with Gasteiger partial charge in [0.2, 0.25) is 5.91 Å². The summed E-state index contributed by atoms with van der Waals surface area (Å²) in [6, 6.07) is 8.05. The molecule has 0 radical (unpaired) electrons. The van der Waals surface area contributed by atoms with E-state index in [0.29, 0.717) is 17.9 Å². The van der Waals surface area contributed by atoms with E-state index in [4.69, 9.17) is 0 Å². The molecule has 1 atom stereocenters. The minimum absolute atomic E-state index is 0.0132. The maximum Gasteiger partial charge on any atom is 0.227 e. The van der Waals surface area contributed by atoms with Gasteiger partial charge in [-0.15, -0.1) is 0 Å². The first-order valence-electron chi connectivity index (χ1n) is 7.84. The Morgan fingerprint density at radius 1 is 1.39 bits per heavy atom. The van der Waals surface area contributed by atoms with Crippen LogP contribution in [0.15, 0.2) is 36.5 Å². The van der Waals surface area contributed by atoms with Gasteiger partial charge >= 0.3 is 0 Å². The number of aromatic nitrogens is 2. The summed E-state index contributed by atoms with van der Waals surface area (Å²) in [6.07, 6.45) is 3.68. The van der Waals surface area contributed by atoms with E-state index in [1.807, 2.05) is 24.8 Å². The molecule has 5 heteroatoms. The molecular weight excluding hydrogens is 293 g/mol. The normalized spacial score (nSPS) is 20.7. The molecular formula is C18H20FN3O. The summed E-state index contributed by atoms with van der Waals surface area (Å²) in [7, 11) is 0. The van der Waals surface area contributed by atoms with Crippen molar-refractivity contribution in [2.45, 2.75) is 38.6 Å². The highest BCUT2D eigenvalue weighted by Gasteiger charge is 2.43. The molecule has 1 amide bonds. The zero-order valence-electron chi connectivity index (χ0n) is 13.4. The van der Waals surface area contributed by atoms with E-state index in [1.165, 1.54) is 12.1 Å². The molecule has 0 unspecified atom stereocenters. The highest BCUT2D eigenvalue weighted by molar-refractivity contribution is 5.80. The molecule has 2 heterocycles. The standard InChI is InChI=1S/C18H20FN3O/c1-13-7-9-20-17(21-13)18(2)8-4-10-22(18)16(23)12-14-5-3-6-15(19)11-14/h3,5-7,9,11H,4,8,10,12H2,1-2H3/t18-/m1/s1. The van der Waals surface area contributed by atoms with Gasteiger partial charge in [0.25, 0.3) is 0 Å². The summed E-state index contributed by atoms with van der Waals surface area (Å²) in [4.78, 5) is 23.5. The molecule has 23 heavy (non-hydrogen) atoms. The van der Waals surface area contributed by atoms with Gasteiger partial charge in [-0.3, -0.25) is 4.79 Å². The van der Waals surface area contributed by atoms with Crippen LogP contribution in [0.4, 0.5) is 4.39 Å². The molecule has 0 N–H and O–H groups in total. The zero-order valence-corrected chi connectivity index (χ0v) is 13.4. The largest absolute Gasteiger partial charge is 0.330 e. The molecule has 1 fully saturated rings. The highest BCUT2D eigenvalue weighted by atomic mass is 19.1. The number of hydrogen-bond acceptors (Lipinski definition) is 3. The van der Waals surface area contributed by atoms with Crippen molar-refractivity contribution >= 4 is 5.91 Å². The summed E-state index contributed by atoms with van der Waals surface area (Å²) in [5.41, 5.74) is 1.09. The maximum absolute atomic E-state index is 13.3. The summed E-state index contributed by atoms with van der Waals surface area (Å²) in [5, 5.41) is 0. The van der Waals surface area contributed by atoms with E-state index in [0.717, 1.165) is 18.5 Å². The van der Waals surface area contributed by atoms with Crippen LogP contribution < -0.4 is 0 Å². The summed E-state index contributed by atoms with van der Waals surface area (Å²) < 4.78 is 13.3. The smallest absolute Gasteiger partial charge is 0.227 e. The molecule has 0 bridgehead atoms. The van der Waals surface area contributed by atoms with E-state index in [-0.39, 0.29) is 18.1 Å². The third kappa shape index (κ3) is 3.09. The monoisotopic (exact) mass is 313 g/mol. The topological polar surface area (TPSA) is 46.1 Å². The predicted molar refractivity (Wildman–Crippen MR) is 85.2 cm³/mol. The molecule has 1 aromatic heterocycles. The number of carbonyl (C=O) groups is 1. The number of carbonyl (C=O) groups excluding carboxylic acids is 1. The Labute approximate surface area is 135 Å². The summed E-state index contributed by atoms with van der Waals surface area (Å²) >= 11 is 0. The molecule has 1 aromatic carbocycles. The van der Waals surface area contributed by atoms with Crippen molar-refractivity contribution in [3.05, 3.63) is 59.4 Å². The van der Waals surface area contributed by atoms with Gasteiger partial charge in [-0.2, -0.15) is 0 Å². The number of halogens is 1. The molecule has 0 aliphatic carbocycles. The highest BCUT2D eigenvalue weighted by Crippen LogP contribution is 2.37. The quantitative estimate of drug-likeness (QED) is 0.875. The summed E-state index contributed by atoms with van der Waals surface area (Å²) in [6.45, 7) is 4.61. The van der Waals surface area contributed by atoms with Gasteiger partial charge in [0.15, 0.2) is 5.82 Å². The number of amides is 1. The number of nitrogens with zero attached hydrogens (tertiary/aromatic N) is 3. The fraction of sp³-hybridized carbons (Fsp3) is 0.389. The van der Waals surface area contributed by atoms with Crippen LogP contribution >= 0.6 is 0 Å². The van der Waals surface area contributed by atoms with Gasteiger partial charge in [0.1, 0.15) is 5.82 Å². The van der Waals surface area contributed by atoms with Crippen LogP contribution in [0.25, 0.3) is 0 Å². The van der Waals surface area contributed by atoms with E-state index >= 15 is 0 Å². The van der Waals surface area contributed by atoms with Crippen molar-refractivity contribution in [1.29, 1.82) is 0 Å². The van der Waals surface area contributed by atoms with Crippen LogP contribution in [0.5, 0.6) is 0 Å². The Bertz CT molecular complexity index is 734. The predicted octanol–water partition coefficient (Wildman–Crippen LogP) is 3.00. The van der Waals surface area contributed by atoms with Crippen molar-refractivity contribution in [2.75, 3.05) is 6.54 Å². The molecule has 0 saturated carbocycles. The van der Waals surface area contributed by atoms with Crippen molar-refractivity contribution in [3.63, 3.8) is 0 Å². The van der Waals surface area contributed by atoms with Gasteiger partial charge in [-0.25, -0.2) is 14.4 Å². The minimum atomic E-state index is -0.490. The van der Waals surface area contributed by atoms with E-state index in [2.05, 4.69) is 9.97 Å². The fourth-order valence-corrected chi connectivity index (χ4v) is 3.22. The van der Waals surface area contributed by atoms with Gasteiger partial charge in [-0.1, -0.05) is 12.1 Å². The van der Waals surface area contributed by atoms with Crippen LogP contribution in [0.1, 0.15) is 36.8 Å². The van der Waals surface area contributed by atoms with Crippen molar-refractivity contribution < 1.29 is 9.18 Å². The number of rotatable bonds is 3. The molecule has 1 saturated heterocycles. The van der Waals surface area contributed by atoms with E-state index < -0.39 is 5.54 Å². The number of hydrogen-bond donors (Lipinski definition) is 0. The lowest BCUT2D eigenvalue weighted by atomic mass is 9.96. The lowest BCUT2D eigenvalue weighted by molar-refractivity contribution is -0.134. The molecule has 4 nitrogen and oxygen atoms in total. The minimum Gasteiger partial charge on any atom is -0.330 e. The lowest BCUT2D eigenvalue weighted by Crippen LogP contribution is -2.44. The van der Waals surface area contributed by atoms with E-state index in [1.54, 1.807) is 18.3 Å². The first kappa shape index (κ1) is 15.6. The summed E-state index contributed by atoms with van der Waals surface area (Å²) in [5.74, 6) is 0.352. The second-order valence-electron chi connectivity index (χ2n) is 6.25. The van der Waals surface area contributed by atoms with Crippen molar-refractivity contribution in [3.8, 4) is 0 Å². The Morgan fingerprint density at radius 2 is 2.22 bits per heavy atom. The van der Waals surface area contributed by atoms with Gasteiger partial charge in [-0.05, 0) is 50.5 Å². The fourth-order valence-electron chi connectivity index (χ4n) is 3.22. The number of benzene rings is 1. The van der Waals surface area contributed by atoms with Crippen LogP contribution in [0.2, 0.25) is 0 Å². The lowest BCUT2D eigenvalue weighted by Gasteiger charge is -2.34. The van der Waals surface area contributed by atoms with Crippen LogP contribution in [0, 0.1) is 12.7 Å². The molecule has 1 aliphatic heterocycles. The molecule has 3 rings (SSSR count). The molecule has 0 spiro atoms. The Balaban J connectivity index is 1.84. The zero-order chi connectivity index (χ0) is 16.4. The second-order valence-corrected chi connectivity index (χ2v) is 6.25. The molecule has 2 aromatic rings. The average molecular weight is 313 g/mol. The Hall–Kier alpha value is -2.30. The Morgan fingerprint density at radius 3 is 2.96 bits per heavy atom. The second kappa shape index (κ2) is 6.07. The van der Waals surface area contributed by atoms with Crippen molar-refractivity contribution in [2.24, 2.45) is 0 Å². The Kier molecular flexibility index (Phi) is 4.11. The van der Waals surface area contributed by atoms with E-state index in [9.17, 15) is 9.18 Å². The third-order valence-electron chi connectivity index (χ3n) is 4.46. The number of aryl methyl sites for hydroxylation is 1. The molecule has 1 aliphatic rings. The van der Waals surface area contributed by atoms with Gasteiger partial charge < -0.3 is 4.90 Å². The number of likely N-dealkylation sites (tertiary alicyclic amines) is 1. The van der Waals surface area contributed by atoms with Crippen LogP contribution in [-0.4, -0.2) is 27.3 Å². The maximum atomic E-state index is 13.3. The first-order chi connectivity index (χ1) is 11.0. The van der Waals surface area contributed by atoms with Gasteiger partial charge in [0, 0.05) is 18.4 Å². The van der Waals surface area contributed by atoms with Crippen LogP contribution in [0.3, 0.4) is 0 Å². The molecule has 120 valence electrons. The first-order valence-corrected chi connectivity index (χ1v) is 7.84. The van der Waals surface area contributed by atoms with Gasteiger partial charge in [0.05, 0.1) is 12.0 Å². The average Bonchev–Trinajstić information content (AvgIpc) is 2.91. The SMILES string of the molecule is Cc1ccnc([C@@]2(C)CCCN2C(=O)Cc2cccc(F)c2)n1.